The van der Waals surface area contributed by atoms with Crippen LogP contribution in [0.15, 0.2) is 12.1 Å². The molecule has 1 saturated heterocycles. The summed E-state index contributed by atoms with van der Waals surface area (Å²) >= 11 is 1.65. The Morgan fingerprint density at radius 1 is 1.11 bits per heavy atom. The quantitative estimate of drug-likeness (QED) is 0.652. The zero-order valence-electron chi connectivity index (χ0n) is 17.2. The molecular formula is C23H32N2O2S. The lowest BCUT2D eigenvalue weighted by atomic mass is 9.86. The first kappa shape index (κ1) is 19.7. The molecule has 0 N–H and O–H groups in total. The SMILES string of the molecule is Cc1ccc(C)c2sc(OC3CCN(C(=O)CCC4CCCCC4)CC3)nc12. The van der Waals surface area contributed by atoms with E-state index in [1.807, 2.05) is 0 Å². The smallest absolute Gasteiger partial charge is 0.274 e. The van der Waals surface area contributed by atoms with Crippen molar-refractivity contribution >= 4 is 27.5 Å². The van der Waals surface area contributed by atoms with Crippen molar-refractivity contribution in [3.05, 3.63) is 23.3 Å². The average molecular weight is 401 g/mol. The lowest BCUT2D eigenvalue weighted by Gasteiger charge is -2.32. The Morgan fingerprint density at radius 3 is 2.54 bits per heavy atom. The molecule has 1 aromatic heterocycles. The topological polar surface area (TPSA) is 42.4 Å². The number of fused-ring (bicyclic) bond motifs is 1. The fourth-order valence-corrected chi connectivity index (χ4v) is 5.65. The molecule has 2 fully saturated rings. The fourth-order valence-electron chi connectivity index (χ4n) is 4.62. The Kier molecular flexibility index (Phi) is 6.19. The molecule has 0 radical (unpaired) electrons. The van der Waals surface area contributed by atoms with Crippen LogP contribution in [-0.4, -0.2) is 35.0 Å². The normalized spacial score (nSPS) is 19.3. The molecule has 1 aromatic carbocycles. The van der Waals surface area contributed by atoms with Crippen LogP contribution in [0.5, 0.6) is 5.19 Å². The third kappa shape index (κ3) is 4.51. The Morgan fingerprint density at radius 2 is 1.82 bits per heavy atom. The number of hydrogen-bond acceptors (Lipinski definition) is 4. The monoisotopic (exact) mass is 400 g/mol. The second-order valence-electron chi connectivity index (χ2n) is 8.60. The summed E-state index contributed by atoms with van der Waals surface area (Å²) in [6.45, 7) is 5.86. The Balaban J connectivity index is 1.26. The van der Waals surface area contributed by atoms with Gasteiger partial charge >= 0.3 is 0 Å². The summed E-state index contributed by atoms with van der Waals surface area (Å²) in [5.41, 5.74) is 3.52. The van der Waals surface area contributed by atoms with Crippen LogP contribution < -0.4 is 4.74 Å². The maximum absolute atomic E-state index is 12.6. The predicted molar refractivity (Wildman–Crippen MR) is 115 cm³/mol. The van der Waals surface area contributed by atoms with E-state index in [9.17, 15) is 4.79 Å². The van der Waals surface area contributed by atoms with Crippen molar-refractivity contribution in [3.63, 3.8) is 0 Å². The molecule has 4 nitrogen and oxygen atoms in total. The van der Waals surface area contributed by atoms with E-state index in [0.717, 1.165) is 55.4 Å². The Hall–Kier alpha value is -1.62. The molecule has 2 heterocycles. The van der Waals surface area contributed by atoms with Crippen LogP contribution in [0.2, 0.25) is 0 Å². The van der Waals surface area contributed by atoms with Crippen LogP contribution >= 0.6 is 11.3 Å². The lowest BCUT2D eigenvalue weighted by Crippen LogP contribution is -2.41. The van der Waals surface area contributed by atoms with Gasteiger partial charge in [-0.25, -0.2) is 4.98 Å². The summed E-state index contributed by atoms with van der Waals surface area (Å²) in [5.74, 6) is 1.12. The third-order valence-electron chi connectivity index (χ3n) is 6.48. The minimum Gasteiger partial charge on any atom is -0.467 e. The van der Waals surface area contributed by atoms with Gasteiger partial charge in [-0.15, -0.1) is 0 Å². The number of likely N-dealkylation sites (tertiary alicyclic amines) is 1. The summed E-state index contributed by atoms with van der Waals surface area (Å²) in [4.78, 5) is 19.3. The molecule has 1 saturated carbocycles. The zero-order chi connectivity index (χ0) is 19.5. The number of carbonyl (C=O) groups is 1. The summed E-state index contributed by atoms with van der Waals surface area (Å²) < 4.78 is 7.43. The number of rotatable bonds is 5. The lowest BCUT2D eigenvalue weighted by molar-refractivity contribution is -0.133. The number of hydrogen-bond donors (Lipinski definition) is 0. The number of benzene rings is 1. The standard InChI is InChI=1S/C23H32N2O2S/c1-16-8-9-17(2)22-21(16)24-23(28-22)27-19-12-14-25(15-13-19)20(26)11-10-18-6-4-3-5-7-18/h8-9,18-19H,3-7,10-15H2,1-2H3. The van der Waals surface area contributed by atoms with Crippen molar-refractivity contribution < 1.29 is 9.53 Å². The highest BCUT2D eigenvalue weighted by atomic mass is 32.1. The van der Waals surface area contributed by atoms with Crippen molar-refractivity contribution in [1.82, 2.24) is 9.88 Å². The van der Waals surface area contributed by atoms with E-state index in [0.29, 0.717) is 5.91 Å². The molecule has 0 atom stereocenters. The zero-order valence-corrected chi connectivity index (χ0v) is 18.0. The molecule has 1 aliphatic carbocycles. The number of aromatic nitrogens is 1. The summed E-state index contributed by atoms with van der Waals surface area (Å²) in [6, 6.07) is 4.27. The number of ether oxygens (including phenoxy) is 1. The van der Waals surface area contributed by atoms with E-state index in [2.05, 4.69) is 30.9 Å². The van der Waals surface area contributed by atoms with Gasteiger partial charge < -0.3 is 9.64 Å². The molecule has 0 spiro atoms. The molecule has 0 unspecified atom stereocenters. The average Bonchev–Trinajstić information content (AvgIpc) is 3.15. The minimum atomic E-state index is 0.170. The summed E-state index contributed by atoms with van der Waals surface area (Å²) in [5, 5.41) is 0.773. The molecule has 0 bridgehead atoms. The van der Waals surface area contributed by atoms with Gasteiger partial charge in [-0.05, 0) is 37.3 Å². The number of aryl methyl sites for hydroxylation is 2. The van der Waals surface area contributed by atoms with Gasteiger partial charge in [-0.1, -0.05) is 55.6 Å². The second-order valence-corrected chi connectivity index (χ2v) is 9.56. The molecule has 1 amide bonds. The van der Waals surface area contributed by atoms with E-state index < -0.39 is 0 Å². The number of nitrogens with zero attached hydrogens (tertiary/aromatic N) is 2. The number of thiazole rings is 1. The van der Waals surface area contributed by atoms with E-state index >= 15 is 0 Å². The van der Waals surface area contributed by atoms with Gasteiger partial charge in [0.15, 0.2) is 0 Å². The van der Waals surface area contributed by atoms with Crippen LogP contribution in [0, 0.1) is 19.8 Å². The van der Waals surface area contributed by atoms with Crippen LogP contribution in [0.1, 0.15) is 68.9 Å². The van der Waals surface area contributed by atoms with Gasteiger partial charge in [0.05, 0.1) is 10.2 Å². The first-order chi connectivity index (χ1) is 13.6. The fraction of sp³-hybridized carbons (Fsp3) is 0.652. The summed E-state index contributed by atoms with van der Waals surface area (Å²) in [7, 11) is 0. The first-order valence-corrected chi connectivity index (χ1v) is 11.7. The van der Waals surface area contributed by atoms with Crippen LogP contribution in [-0.2, 0) is 4.79 Å². The molecule has 152 valence electrons. The van der Waals surface area contributed by atoms with Crippen LogP contribution in [0.3, 0.4) is 0 Å². The number of carbonyl (C=O) groups excluding carboxylic acids is 1. The Bertz CT molecular complexity index is 778. The van der Waals surface area contributed by atoms with Crippen molar-refractivity contribution in [2.24, 2.45) is 5.92 Å². The minimum absolute atomic E-state index is 0.170. The van der Waals surface area contributed by atoms with Gasteiger partial charge in [0.2, 0.25) is 5.91 Å². The summed E-state index contributed by atoms with van der Waals surface area (Å²) in [6.07, 6.45) is 10.5. The molecule has 1 aliphatic heterocycles. The molecule has 4 rings (SSSR count). The highest BCUT2D eigenvalue weighted by molar-refractivity contribution is 7.20. The van der Waals surface area contributed by atoms with Crippen molar-refractivity contribution in [3.8, 4) is 5.19 Å². The maximum atomic E-state index is 12.6. The molecule has 28 heavy (non-hydrogen) atoms. The molecule has 5 heteroatoms. The van der Waals surface area contributed by atoms with Crippen LogP contribution in [0.25, 0.3) is 10.2 Å². The van der Waals surface area contributed by atoms with Gasteiger partial charge in [0.25, 0.3) is 5.19 Å². The van der Waals surface area contributed by atoms with Gasteiger partial charge in [-0.3, -0.25) is 4.79 Å². The highest BCUT2D eigenvalue weighted by Gasteiger charge is 2.25. The predicted octanol–water partition coefficient (Wildman–Crippen LogP) is 5.64. The molecule has 2 aliphatic rings. The van der Waals surface area contributed by atoms with E-state index in [1.54, 1.807) is 11.3 Å². The third-order valence-corrected chi connectivity index (χ3v) is 7.56. The van der Waals surface area contributed by atoms with Crippen molar-refractivity contribution in [2.75, 3.05) is 13.1 Å². The molecular weight excluding hydrogens is 368 g/mol. The first-order valence-electron chi connectivity index (χ1n) is 10.9. The van der Waals surface area contributed by atoms with Crippen LogP contribution in [0.4, 0.5) is 0 Å². The van der Waals surface area contributed by atoms with Gasteiger partial charge in [0, 0.05) is 32.4 Å². The van der Waals surface area contributed by atoms with Crippen molar-refractivity contribution in [1.29, 1.82) is 0 Å². The Labute approximate surface area is 172 Å². The number of piperidine rings is 1. The second kappa shape index (κ2) is 8.81. The molecule has 2 aromatic rings. The van der Waals surface area contributed by atoms with E-state index in [-0.39, 0.29) is 6.10 Å². The van der Waals surface area contributed by atoms with E-state index in [4.69, 9.17) is 9.72 Å². The van der Waals surface area contributed by atoms with Crippen molar-refractivity contribution in [2.45, 2.75) is 77.7 Å². The number of amides is 1. The van der Waals surface area contributed by atoms with Gasteiger partial charge in [-0.2, -0.15) is 0 Å². The van der Waals surface area contributed by atoms with Gasteiger partial charge in [0.1, 0.15) is 6.10 Å². The maximum Gasteiger partial charge on any atom is 0.274 e. The van der Waals surface area contributed by atoms with E-state index in [1.165, 1.54) is 47.9 Å². The highest BCUT2D eigenvalue weighted by Crippen LogP contribution is 2.34. The largest absolute Gasteiger partial charge is 0.467 e.